The van der Waals surface area contributed by atoms with Crippen LogP contribution < -0.4 is 11.3 Å². The van der Waals surface area contributed by atoms with E-state index in [-0.39, 0.29) is 0 Å². The number of hydrogen-bond donors (Lipinski definition) is 2. The van der Waals surface area contributed by atoms with Crippen molar-refractivity contribution < 1.29 is 0 Å². The third-order valence-electron chi connectivity index (χ3n) is 4.01. The van der Waals surface area contributed by atoms with Gasteiger partial charge < -0.3 is 0 Å². The number of hydrogen-bond acceptors (Lipinski definition) is 2. The largest absolute Gasteiger partial charge is 0.271 e. The van der Waals surface area contributed by atoms with Crippen LogP contribution in [0.2, 0.25) is 0 Å². The third-order valence-corrected chi connectivity index (χ3v) is 4.01. The van der Waals surface area contributed by atoms with E-state index in [9.17, 15) is 0 Å². The first-order chi connectivity index (χ1) is 5.81. The predicted molar refractivity (Wildman–Crippen MR) is 50.3 cm³/mol. The first kappa shape index (κ1) is 8.52. The third kappa shape index (κ3) is 1.38. The molecule has 2 heteroatoms. The van der Waals surface area contributed by atoms with Crippen LogP contribution in [0.3, 0.4) is 0 Å². The van der Waals surface area contributed by atoms with Gasteiger partial charge in [0.05, 0.1) is 0 Å². The van der Waals surface area contributed by atoms with Crippen LogP contribution in [0.1, 0.15) is 39.0 Å². The lowest BCUT2D eigenvalue weighted by Crippen LogP contribution is -2.46. The average Bonchev–Trinajstić information content (AvgIpc) is 2.18. The summed E-state index contributed by atoms with van der Waals surface area (Å²) < 4.78 is 0. The summed E-state index contributed by atoms with van der Waals surface area (Å²) in [5, 5.41) is 0. The lowest BCUT2D eigenvalue weighted by molar-refractivity contribution is 0.0755. The van der Waals surface area contributed by atoms with Gasteiger partial charge in [0.25, 0.3) is 0 Å². The van der Waals surface area contributed by atoms with Gasteiger partial charge in [-0.25, -0.2) is 0 Å². The normalized spacial score (nSPS) is 43.0. The molecule has 2 atom stereocenters. The van der Waals surface area contributed by atoms with E-state index in [2.05, 4.69) is 12.3 Å². The molecule has 0 saturated heterocycles. The topological polar surface area (TPSA) is 38.0 Å². The summed E-state index contributed by atoms with van der Waals surface area (Å²) in [7, 11) is 0. The molecule has 3 fully saturated rings. The van der Waals surface area contributed by atoms with Gasteiger partial charge in [0.15, 0.2) is 0 Å². The van der Waals surface area contributed by atoms with Crippen molar-refractivity contribution in [2.24, 2.45) is 23.6 Å². The van der Waals surface area contributed by atoms with Crippen molar-refractivity contribution in [3.8, 4) is 0 Å². The maximum Gasteiger partial charge on any atom is 0.0213 e. The lowest BCUT2D eigenvalue weighted by Gasteiger charge is -2.44. The number of nitrogens with one attached hydrogen (secondary N) is 1. The molecule has 3 N–H and O–H groups in total. The Bertz CT molecular complexity index is 150. The standard InChI is InChI=1S/C10H20N2/c1-7(12-11)10-6-8-2-4-9(10)5-3-8/h7-10,12H,2-6,11H2,1H3. The van der Waals surface area contributed by atoms with Crippen molar-refractivity contribution in [2.45, 2.75) is 45.1 Å². The first-order valence-electron chi connectivity index (χ1n) is 5.27. The second kappa shape index (κ2) is 3.35. The number of hydrazine groups is 1. The van der Waals surface area contributed by atoms with Crippen LogP contribution in [-0.4, -0.2) is 6.04 Å². The molecule has 0 radical (unpaired) electrons. The first-order valence-corrected chi connectivity index (χ1v) is 5.27. The van der Waals surface area contributed by atoms with Gasteiger partial charge in [-0.1, -0.05) is 12.8 Å². The molecule has 0 aromatic heterocycles. The van der Waals surface area contributed by atoms with Gasteiger partial charge in [0, 0.05) is 6.04 Å². The molecule has 0 aromatic rings. The van der Waals surface area contributed by atoms with E-state index >= 15 is 0 Å². The van der Waals surface area contributed by atoms with E-state index in [1.807, 2.05) is 0 Å². The van der Waals surface area contributed by atoms with Gasteiger partial charge in [-0.2, -0.15) is 0 Å². The Morgan fingerprint density at radius 1 is 1.25 bits per heavy atom. The van der Waals surface area contributed by atoms with Crippen LogP contribution in [0.5, 0.6) is 0 Å². The zero-order valence-electron chi connectivity index (χ0n) is 7.92. The van der Waals surface area contributed by atoms with Gasteiger partial charge >= 0.3 is 0 Å². The molecular formula is C10H20N2. The zero-order valence-corrected chi connectivity index (χ0v) is 7.92. The maximum absolute atomic E-state index is 5.48. The Morgan fingerprint density at radius 3 is 2.33 bits per heavy atom. The molecule has 3 saturated carbocycles. The molecule has 2 unspecified atom stereocenters. The summed E-state index contributed by atoms with van der Waals surface area (Å²) >= 11 is 0. The Kier molecular flexibility index (Phi) is 2.37. The van der Waals surface area contributed by atoms with Crippen LogP contribution in [0.25, 0.3) is 0 Å². The van der Waals surface area contributed by atoms with E-state index in [0.717, 1.165) is 17.8 Å². The molecule has 0 aliphatic heterocycles. The van der Waals surface area contributed by atoms with Gasteiger partial charge in [-0.15, -0.1) is 0 Å². The van der Waals surface area contributed by atoms with Gasteiger partial charge in [0.2, 0.25) is 0 Å². The van der Waals surface area contributed by atoms with Crippen LogP contribution in [0, 0.1) is 17.8 Å². The molecule has 3 aliphatic rings. The molecule has 0 aromatic carbocycles. The average molecular weight is 168 g/mol. The molecule has 12 heavy (non-hydrogen) atoms. The molecule has 3 aliphatic carbocycles. The van der Waals surface area contributed by atoms with Crippen molar-refractivity contribution in [3.63, 3.8) is 0 Å². The quantitative estimate of drug-likeness (QED) is 0.486. The van der Waals surface area contributed by atoms with Crippen molar-refractivity contribution >= 4 is 0 Å². The fourth-order valence-electron chi connectivity index (χ4n) is 3.17. The van der Waals surface area contributed by atoms with E-state index in [1.54, 1.807) is 0 Å². The minimum atomic E-state index is 0.526. The molecule has 0 heterocycles. The summed E-state index contributed by atoms with van der Waals surface area (Å²) in [6, 6.07) is 0.526. The van der Waals surface area contributed by atoms with Gasteiger partial charge in [-0.3, -0.25) is 11.3 Å². The second-order valence-corrected chi connectivity index (χ2v) is 4.64. The smallest absolute Gasteiger partial charge is 0.0213 e. The Labute approximate surface area is 74.9 Å². The Balaban J connectivity index is 1.99. The highest BCUT2D eigenvalue weighted by Gasteiger charge is 2.37. The fraction of sp³-hybridized carbons (Fsp3) is 1.00. The highest BCUT2D eigenvalue weighted by atomic mass is 15.2. The highest BCUT2D eigenvalue weighted by Crippen LogP contribution is 2.45. The summed E-state index contributed by atoms with van der Waals surface area (Å²) in [6.45, 7) is 2.23. The second-order valence-electron chi connectivity index (χ2n) is 4.64. The monoisotopic (exact) mass is 168 g/mol. The lowest BCUT2D eigenvalue weighted by atomic mass is 9.63. The van der Waals surface area contributed by atoms with Crippen LogP contribution in [0.4, 0.5) is 0 Å². The van der Waals surface area contributed by atoms with E-state index in [4.69, 9.17) is 5.84 Å². The van der Waals surface area contributed by atoms with Crippen molar-refractivity contribution in [1.29, 1.82) is 0 Å². The summed E-state index contributed by atoms with van der Waals surface area (Å²) in [5.74, 6) is 8.35. The van der Waals surface area contributed by atoms with Gasteiger partial charge in [-0.05, 0) is 43.9 Å². The number of fused-ring (bicyclic) bond motifs is 3. The SMILES string of the molecule is CC(NN)C1CC2CCC1CC2. The summed E-state index contributed by atoms with van der Waals surface area (Å²) in [5.41, 5.74) is 2.92. The Morgan fingerprint density at radius 2 is 1.92 bits per heavy atom. The molecule has 2 nitrogen and oxygen atoms in total. The molecule has 3 rings (SSSR count). The fourth-order valence-corrected chi connectivity index (χ4v) is 3.17. The number of nitrogens with two attached hydrogens (primary N) is 1. The Hall–Kier alpha value is -0.0800. The summed E-state index contributed by atoms with van der Waals surface area (Å²) in [6.07, 6.45) is 7.32. The highest BCUT2D eigenvalue weighted by molar-refractivity contribution is 4.89. The van der Waals surface area contributed by atoms with E-state index in [1.165, 1.54) is 32.1 Å². The minimum absolute atomic E-state index is 0.526. The van der Waals surface area contributed by atoms with Crippen LogP contribution in [-0.2, 0) is 0 Å². The molecular weight excluding hydrogens is 148 g/mol. The van der Waals surface area contributed by atoms with E-state index < -0.39 is 0 Å². The number of rotatable bonds is 2. The van der Waals surface area contributed by atoms with Crippen molar-refractivity contribution in [2.75, 3.05) is 0 Å². The maximum atomic E-state index is 5.48. The molecule has 0 spiro atoms. The van der Waals surface area contributed by atoms with Gasteiger partial charge in [0.1, 0.15) is 0 Å². The predicted octanol–water partition coefficient (Wildman–Crippen LogP) is 1.66. The van der Waals surface area contributed by atoms with Crippen LogP contribution >= 0.6 is 0 Å². The molecule has 2 bridgehead atoms. The van der Waals surface area contributed by atoms with Crippen molar-refractivity contribution in [1.82, 2.24) is 5.43 Å². The van der Waals surface area contributed by atoms with Crippen molar-refractivity contribution in [3.05, 3.63) is 0 Å². The zero-order chi connectivity index (χ0) is 8.55. The molecule has 70 valence electrons. The van der Waals surface area contributed by atoms with Crippen LogP contribution in [0.15, 0.2) is 0 Å². The minimum Gasteiger partial charge on any atom is -0.271 e. The summed E-state index contributed by atoms with van der Waals surface area (Å²) in [4.78, 5) is 0. The van der Waals surface area contributed by atoms with E-state index in [0.29, 0.717) is 6.04 Å². The molecule has 0 amide bonds.